The van der Waals surface area contributed by atoms with Crippen LogP contribution >= 0.6 is 0 Å². The van der Waals surface area contributed by atoms with Crippen LogP contribution in [0.2, 0.25) is 0 Å². The number of carbonyl (C=O) groups excluding carboxylic acids is 1. The number of rotatable bonds is 6. The van der Waals surface area contributed by atoms with Gasteiger partial charge in [-0.3, -0.25) is 9.78 Å². The molecule has 42 heavy (non-hydrogen) atoms. The molecule has 1 aromatic carbocycles. The Kier molecular flexibility index (Phi) is 6.98. The van der Waals surface area contributed by atoms with Crippen LogP contribution in [0.15, 0.2) is 53.2 Å². The summed E-state index contributed by atoms with van der Waals surface area (Å²) in [5.74, 6) is 1.39. The number of pyridine rings is 2. The van der Waals surface area contributed by atoms with Crippen molar-refractivity contribution in [1.82, 2.24) is 14.9 Å². The molecule has 2 bridgehead atoms. The van der Waals surface area contributed by atoms with Gasteiger partial charge in [0.25, 0.3) is 5.91 Å². The van der Waals surface area contributed by atoms with Gasteiger partial charge in [-0.2, -0.15) is 5.26 Å². The van der Waals surface area contributed by atoms with E-state index in [9.17, 15) is 10.1 Å². The van der Waals surface area contributed by atoms with Gasteiger partial charge in [0.1, 0.15) is 34.9 Å². The van der Waals surface area contributed by atoms with E-state index in [-0.39, 0.29) is 24.2 Å². The average Bonchev–Trinajstić information content (AvgIpc) is 3.50. The Labute approximate surface area is 242 Å². The third-order valence-electron chi connectivity index (χ3n) is 8.29. The summed E-state index contributed by atoms with van der Waals surface area (Å²) in [4.78, 5) is 24.3. The first-order chi connectivity index (χ1) is 20.6. The first-order valence-electron chi connectivity index (χ1n) is 14.3. The molecule has 7 heterocycles. The SMILES string of the molecule is COc1cc(C(=O)N2CC3CCC2CO3)cnc1-c1cc2nccc(-c3ccc(OC4CCOCC4)c(C#N)c3)c2o1. The summed E-state index contributed by atoms with van der Waals surface area (Å²) in [6.45, 7) is 2.50. The zero-order valence-corrected chi connectivity index (χ0v) is 23.2. The Balaban J connectivity index is 1.19. The van der Waals surface area contributed by atoms with Crippen LogP contribution in [0, 0.1) is 11.3 Å². The van der Waals surface area contributed by atoms with Crippen molar-refractivity contribution < 1.29 is 28.2 Å². The number of hydrogen-bond acceptors (Lipinski definition) is 9. The van der Waals surface area contributed by atoms with E-state index in [2.05, 4.69) is 16.0 Å². The van der Waals surface area contributed by atoms with Gasteiger partial charge in [-0.15, -0.1) is 0 Å². The number of methoxy groups -OCH3 is 1. The van der Waals surface area contributed by atoms with Gasteiger partial charge in [0, 0.05) is 43.4 Å². The van der Waals surface area contributed by atoms with Crippen LogP contribution in [0.3, 0.4) is 0 Å². The Morgan fingerprint density at radius 3 is 2.69 bits per heavy atom. The molecule has 0 radical (unpaired) electrons. The van der Waals surface area contributed by atoms with Crippen LogP contribution in [0.1, 0.15) is 41.6 Å². The van der Waals surface area contributed by atoms with Crippen LogP contribution in [-0.4, -0.2) is 72.5 Å². The molecule has 1 amide bonds. The van der Waals surface area contributed by atoms with Crippen molar-refractivity contribution in [3.63, 3.8) is 0 Å². The highest BCUT2D eigenvalue weighted by molar-refractivity contribution is 5.96. The number of hydrogen-bond donors (Lipinski definition) is 0. The van der Waals surface area contributed by atoms with Gasteiger partial charge in [-0.25, -0.2) is 4.98 Å². The van der Waals surface area contributed by atoms with E-state index < -0.39 is 0 Å². The summed E-state index contributed by atoms with van der Waals surface area (Å²) >= 11 is 0. The highest BCUT2D eigenvalue weighted by Gasteiger charge is 2.38. The van der Waals surface area contributed by atoms with E-state index in [0.717, 1.165) is 36.8 Å². The van der Waals surface area contributed by atoms with Gasteiger partial charge in [-0.05, 0) is 42.7 Å². The van der Waals surface area contributed by atoms with Crippen molar-refractivity contribution >= 4 is 17.0 Å². The van der Waals surface area contributed by atoms with Gasteiger partial charge in [-0.1, -0.05) is 6.07 Å². The van der Waals surface area contributed by atoms with E-state index in [1.165, 1.54) is 0 Å². The molecule has 8 rings (SSSR count). The Bertz CT molecular complexity index is 1680. The van der Waals surface area contributed by atoms with Crippen LogP contribution in [0.4, 0.5) is 0 Å². The van der Waals surface area contributed by atoms with E-state index in [4.69, 9.17) is 23.4 Å². The van der Waals surface area contributed by atoms with E-state index in [1.807, 2.05) is 29.2 Å². The first-order valence-corrected chi connectivity index (χ1v) is 14.3. The zero-order chi connectivity index (χ0) is 28.6. The second-order valence-electron chi connectivity index (χ2n) is 10.9. The predicted octanol–water partition coefficient (Wildman–Crippen LogP) is 5.00. The van der Waals surface area contributed by atoms with Crippen LogP contribution in [0.25, 0.3) is 33.7 Å². The summed E-state index contributed by atoms with van der Waals surface area (Å²) in [5.41, 5.74) is 4.17. The lowest BCUT2D eigenvalue weighted by Gasteiger charge is -2.45. The molecule has 2 unspecified atom stereocenters. The number of nitriles is 1. The molecule has 10 nitrogen and oxygen atoms in total. The minimum atomic E-state index is -0.0727. The molecule has 0 N–H and O–H groups in total. The predicted molar refractivity (Wildman–Crippen MR) is 152 cm³/mol. The number of carbonyl (C=O) groups is 1. The molecule has 3 aromatic heterocycles. The lowest BCUT2D eigenvalue weighted by molar-refractivity contribution is -0.0915. The van der Waals surface area contributed by atoms with E-state index in [0.29, 0.717) is 71.5 Å². The second-order valence-corrected chi connectivity index (χ2v) is 10.9. The number of furan rings is 1. The maximum Gasteiger partial charge on any atom is 0.255 e. The minimum absolute atomic E-state index is 0.0325. The van der Waals surface area contributed by atoms with Crippen LogP contribution in [0.5, 0.6) is 11.5 Å². The van der Waals surface area contributed by atoms with Crippen molar-refractivity contribution in [2.45, 2.75) is 43.9 Å². The summed E-state index contributed by atoms with van der Waals surface area (Å²) in [5, 5.41) is 9.87. The molecule has 2 atom stereocenters. The van der Waals surface area contributed by atoms with Gasteiger partial charge < -0.3 is 28.3 Å². The smallest absolute Gasteiger partial charge is 0.255 e. The fourth-order valence-corrected chi connectivity index (χ4v) is 6.01. The normalized spacial score (nSPS) is 20.4. The Morgan fingerprint density at radius 1 is 1.07 bits per heavy atom. The lowest BCUT2D eigenvalue weighted by atomic mass is 9.96. The highest BCUT2D eigenvalue weighted by atomic mass is 16.5. The fourth-order valence-electron chi connectivity index (χ4n) is 6.01. The van der Waals surface area contributed by atoms with Gasteiger partial charge in [0.15, 0.2) is 11.3 Å². The molecular formula is C32H30N4O6. The number of amides is 1. The maximum atomic E-state index is 13.3. The average molecular weight is 567 g/mol. The van der Waals surface area contributed by atoms with Crippen molar-refractivity contribution in [2.24, 2.45) is 0 Å². The standard InChI is InChI=1S/C32H30N4O6/c1-38-28-13-21(32(37)36-17-24-4-3-22(36)18-40-24)16-35-30(28)29-14-26-31(42-29)25(6-9-34-26)19-2-5-27(20(12-19)15-33)41-23-7-10-39-11-8-23/h2,5-6,9,12-14,16,22-24H,3-4,7-8,10-11,17-18H2,1H3. The zero-order valence-electron chi connectivity index (χ0n) is 23.2. The minimum Gasteiger partial charge on any atom is -0.494 e. The molecule has 4 aliphatic heterocycles. The first kappa shape index (κ1) is 26.4. The van der Waals surface area contributed by atoms with Crippen molar-refractivity contribution in [3.8, 4) is 40.1 Å². The third kappa shape index (κ3) is 4.85. The molecular weight excluding hydrogens is 536 g/mol. The number of morpholine rings is 1. The molecule has 0 saturated carbocycles. The number of ether oxygens (including phenoxy) is 4. The number of aromatic nitrogens is 2. The highest BCUT2D eigenvalue weighted by Crippen LogP contribution is 2.38. The number of piperidine rings is 1. The fraction of sp³-hybridized carbons (Fsp3) is 0.375. The van der Waals surface area contributed by atoms with E-state index in [1.54, 1.807) is 31.6 Å². The molecule has 4 fully saturated rings. The summed E-state index contributed by atoms with van der Waals surface area (Å²) in [7, 11) is 1.55. The van der Waals surface area contributed by atoms with Crippen LogP contribution < -0.4 is 9.47 Å². The second kappa shape index (κ2) is 11.1. The molecule has 4 aromatic rings. The van der Waals surface area contributed by atoms with Crippen molar-refractivity contribution in [2.75, 3.05) is 33.5 Å². The Morgan fingerprint density at radius 2 is 1.95 bits per heavy atom. The monoisotopic (exact) mass is 566 g/mol. The number of benzene rings is 1. The lowest BCUT2D eigenvalue weighted by Crippen LogP contribution is -2.56. The van der Waals surface area contributed by atoms with Gasteiger partial charge in [0.2, 0.25) is 0 Å². The van der Waals surface area contributed by atoms with Gasteiger partial charge >= 0.3 is 0 Å². The number of nitrogens with zero attached hydrogens (tertiary/aromatic N) is 4. The van der Waals surface area contributed by atoms with Crippen LogP contribution in [-0.2, 0) is 9.47 Å². The third-order valence-corrected chi connectivity index (χ3v) is 8.29. The molecule has 4 saturated heterocycles. The summed E-state index contributed by atoms with van der Waals surface area (Å²) in [6.07, 6.45) is 6.95. The molecule has 10 heteroatoms. The quantitative estimate of drug-likeness (QED) is 0.318. The molecule has 0 aliphatic carbocycles. The van der Waals surface area contributed by atoms with E-state index >= 15 is 0 Å². The van der Waals surface area contributed by atoms with Crippen molar-refractivity contribution in [3.05, 3.63) is 59.9 Å². The topological polar surface area (TPSA) is 120 Å². The summed E-state index contributed by atoms with van der Waals surface area (Å²) < 4.78 is 29.3. The number of fused-ring (bicyclic) bond motifs is 4. The maximum absolute atomic E-state index is 13.3. The molecule has 4 aliphatic rings. The molecule has 0 spiro atoms. The Hall–Kier alpha value is -4.46. The van der Waals surface area contributed by atoms with Crippen molar-refractivity contribution in [1.29, 1.82) is 5.26 Å². The molecule has 214 valence electrons. The largest absolute Gasteiger partial charge is 0.494 e. The van der Waals surface area contributed by atoms with Gasteiger partial charge in [0.05, 0.1) is 50.2 Å². The summed E-state index contributed by atoms with van der Waals surface area (Å²) in [6, 6.07) is 13.3.